The summed E-state index contributed by atoms with van der Waals surface area (Å²) in [6.45, 7) is 6.44. The number of pyridine rings is 1. The number of hydrogen-bond donors (Lipinski definition) is 2. The Morgan fingerprint density at radius 1 is 1.25 bits per heavy atom. The Hall–Kier alpha value is -2.10. The van der Waals surface area contributed by atoms with Crippen molar-refractivity contribution < 1.29 is 9.90 Å². The molecule has 0 saturated heterocycles. The number of rotatable bonds is 5. The van der Waals surface area contributed by atoms with Crippen molar-refractivity contribution in [1.82, 2.24) is 4.98 Å². The van der Waals surface area contributed by atoms with Gasteiger partial charge in [0.05, 0.1) is 11.1 Å². The quantitative estimate of drug-likeness (QED) is 0.865. The molecule has 1 aromatic carbocycles. The first kappa shape index (κ1) is 14.3. The molecule has 20 heavy (non-hydrogen) atoms. The van der Waals surface area contributed by atoms with Crippen LogP contribution < -0.4 is 5.32 Å². The third-order valence-electron chi connectivity index (χ3n) is 3.95. The first-order chi connectivity index (χ1) is 9.49. The second-order valence-electron chi connectivity index (χ2n) is 5.27. The molecule has 0 radical (unpaired) electrons. The number of hydrogen-bond acceptors (Lipinski definition) is 3. The summed E-state index contributed by atoms with van der Waals surface area (Å²) in [5, 5.41) is 13.3. The van der Waals surface area contributed by atoms with Gasteiger partial charge in [-0.05, 0) is 44.0 Å². The second-order valence-corrected chi connectivity index (χ2v) is 5.27. The largest absolute Gasteiger partial charge is 0.478 e. The van der Waals surface area contributed by atoms with Gasteiger partial charge in [-0.25, -0.2) is 9.78 Å². The number of nitrogens with one attached hydrogen (secondary N) is 1. The standard InChI is InChI=1S/C16H20N2O2/c1-4-16(3,5-2)18-14-10-9-11-12(15(19)20)7-6-8-13(11)17-14/h6-10H,4-5H2,1-3H3,(H,17,18)(H,19,20). The van der Waals surface area contributed by atoms with E-state index < -0.39 is 5.97 Å². The molecule has 0 spiro atoms. The van der Waals surface area contributed by atoms with Crippen LogP contribution in [0.5, 0.6) is 0 Å². The Bertz CT molecular complexity index is 633. The summed E-state index contributed by atoms with van der Waals surface area (Å²) in [6.07, 6.45) is 2.00. The van der Waals surface area contributed by atoms with Crippen LogP contribution in [0.3, 0.4) is 0 Å². The van der Waals surface area contributed by atoms with E-state index in [0.717, 1.165) is 18.7 Å². The highest BCUT2D eigenvalue weighted by molar-refractivity contribution is 6.02. The van der Waals surface area contributed by atoms with E-state index >= 15 is 0 Å². The van der Waals surface area contributed by atoms with E-state index in [1.807, 2.05) is 18.2 Å². The molecule has 0 fully saturated rings. The van der Waals surface area contributed by atoms with E-state index in [4.69, 9.17) is 0 Å². The summed E-state index contributed by atoms with van der Waals surface area (Å²) < 4.78 is 0. The van der Waals surface area contributed by atoms with Gasteiger partial charge in [-0.3, -0.25) is 0 Å². The molecule has 0 aliphatic rings. The number of anilines is 1. The summed E-state index contributed by atoms with van der Waals surface area (Å²) >= 11 is 0. The van der Waals surface area contributed by atoms with Crippen molar-refractivity contribution in [1.29, 1.82) is 0 Å². The fourth-order valence-corrected chi connectivity index (χ4v) is 2.15. The summed E-state index contributed by atoms with van der Waals surface area (Å²) in [5.74, 6) is -0.142. The van der Waals surface area contributed by atoms with E-state index in [-0.39, 0.29) is 11.1 Å². The Morgan fingerprint density at radius 3 is 2.55 bits per heavy atom. The molecule has 2 aromatic rings. The van der Waals surface area contributed by atoms with Gasteiger partial charge in [0.2, 0.25) is 0 Å². The van der Waals surface area contributed by atoms with Crippen molar-refractivity contribution in [3.8, 4) is 0 Å². The van der Waals surface area contributed by atoms with Gasteiger partial charge >= 0.3 is 5.97 Å². The van der Waals surface area contributed by atoms with Crippen LogP contribution in [-0.4, -0.2) is 21.6 Å². The van der Waals surface area contributed by atoms with Crippen LogP contribution in [0, 0.1) is 0 Å². The van der Waals surface area contributed by atoms with Gasteiger partial charge in [0.15, 0.2) is 0 Å². The van der Waals surface area contributed by atoms with E-state index in [9.17, 15) is 9.90 Å². The smallest absolute Gasteiger partial charge is 0.336 e. The SMILES string of the molecule is CCC(C)(CC)Nc1ccc2c(C(=O)O)cccc2n1. The molecule has 4 heteroatoms. The zero-order chi connectivity index (χ0) is 14.8. The van der Waals surface area contributed by atoms with Gasteiger partial charge in [-0.15, -0.1) is 0 Å². The summed E-state index contributed by atoms with van der Waals surface area (Å²) in [4.78, 5) is 15.7. The third-order valence-corrected chi connectivity index (χ3v) is 3.95. The molecule has 2 rings (SSSR count). The first-order valence-corrected chi connectivity index (χ1v) is 6.90. The Balaban J connectivity index is 2.43. The number of fused-ring (bicyclic) bond motifs is 1. The van der Waals surface area contributed by atoms with Crippen LogP contribution in [0.2, 0.25) is 0 Å². The maximum Gasteiger partial charge on any atom is 0.336 e. The Kier molecular flexibility index (Phi) is 3.93. The maximum absolute atomic E-state index is 11.2. The molecular formula is C16H20N2O2. The van der Waals surface area contributed by atoms with Gasteiger partial charge in [-0.2, -0.15) is 0 Å². The van der Waals surface area contributed by atoms with Crippen LogP contribution >= 0.6 is 0 Å². The molecule has 106 valence electrons. The lowest BCUT2D eigenvalue weighted by molar-refractivity contribution is 0.0699. The van der Waals surface area contributed by atoms with Gasteiger partial charge in [0, 0.05) is 10.9 Å². The van der Waals surface area contributed by atoms with Crippen LogP contribution in [-0.2, 0) is 0 Å². The molecule has 4 nitrogen and oxygen atoms in total. The Labute approximate surface area is 118 Å². The molecule has 0 saturated carbocycles. The molecule has 2 N–H and O–H groups in total. The number of carbonyl (C=O) groups is 1. The molecule has 0 atom stereocenters. The molecule has 0 aliphatic carbocycles. The topological polar surface area (TPSA) is 62.2 Å². The van der Waals surface area contributed by atoms with E-state index in [0.29, 0.717) is 10.9 Å². The van der Waals surface area contributed by atoms with Crippen LogP contribution in [0.4, 0.5) is 5.82 Å². The number of nitrogens with zero attached hydrogens (tertiary/aromatic N) is 1. The van der Waals surface area contributed by atoms with Crippen molar-refractivity contribution in [2.75, 3.05) is 5.32 Å². The first-order valence-electron chi connectivity index (χ1n) is 6.90. The van der Waals surface area contributed by atoms with Gasteiger partial charge in [0.1, 0.15) is 5.82 Å². The molecule has 0 bridgehead atoms. The lowest BCUT2D eigenvalue weighted by Gasteiger charge is -2.29. The number of aromatic nitrogens is 1. The van der Waals surface area contributed by atoms with Gasteiger partial charge in [0.25, 0.3) is 0 Å². The zero-order valence-corrected chi connectivity index (χ0v) is 12.1. The highest BCUT2D eigenvalue weighted by Gasteiger charge is 2.19. The number of carboxylic acid groups (broad SMARTS) is 1. The highest BCUT2D eigenvalue weighted by atomic mass is 16.4. The molecule has 1 heterocycles. The van der Waals surface area contributed by atoms with Gasteiger partial charge in [-0.1, -0.05) is 19.9 Å². The van der Waals surface area contributed by atoms with Gasteiger partial charge < -0.3 is 10.4 Å². The average Bonchev–Trinajstić information content (AvgIpc) is 2.46. The van der Waals surface area contributed by atoms with Crippen LogP contribution in [0.15, 0.2) is 30.3 Å². The molecule has 0 aliphatic heterocycles. The molecular weight excluding hydrogens is 252 g/mol. The molecule has 1 aromatic heterocycles. The molecule has 0 unspecified atom stereocenters. The van der Waals surface area contributed by atoms with Crippen molar-refractivity contribution in [3.63, 3.8) is 0 Å². The summed E-state index contributed by atoms with van der Waals surface area (Å²) in [5.41, 5.74) is 0.991. The number of aromatic carboxylic acids is 1. The predicted octanol–water partition coefficient (Wildman–Crippen LogP) is 3.92. The minimum atomic E-state index is -0.926. The third kappa shape index (κ3) is 2.74. The average molecular weight is 272 g/mol. The summed E-state index contributed by atoms with van der Waals surface area (Å²) in [7, 11) is 0. The lowest BCUT2D eigenvalue weighted by atomic mass is 9.95. The monoisotopic (exact) mass is 272 g/mol. The fourth-order valence-electron chi connectivity index (χ4n) is 2.15. The minimum absolute atomic E-state index is 0.00504. The fraction of sp³-hybridized carbons (Fsp3) is 0.375. The van der Waals surface area contributed by atoms with E-state index in [2.05, 4.69) is 31.1 Å². The molecule has 0 amide bonds. The van der Waals surface area contributed by atoms with E-state index in [1.54, 1.807) is 12.1 Å². The lowest BCUT2D eigenvalue weighted by Crippen LogP contribution is -2.33. The normalized spacial score (nSPS) is 11.6. The van der Waals surface area contributed by atoms with E-state index in [1.165, 1.54) is 0 Å². The van der Waals surface area contributed by atoms with Crippen molar-refractivity contribution in [2.24, 2.45) is 0 Å². The van der Waals surface area contributed by atoms with Crippen LogP contribution in [0.25, 0.3) is 10.9 Å². The van der Waals surface area contributed by atoms with Crippen molar-refractivity contribution in [3.05, 3.63) is 35.9 Å². The summed E-state index contributed by atoms with van der Waals surface area (Å²) in [6, 6.07) is 8.82. The van der Waals surface area contributed by atoms with Crippen LogP contribution in [0.1, 0.15) is 44.0 Å². The predicted molar refractivity (Wildman–Crippen MR) is 81.3 cm³/mol. The van der Waals surface area contributed by atoms with Crippen molar-refractivity contribution in [2.45, 2.75) is 39.2 Å². The van der Waals surface area contributed by atoms with Crippen molar-refractivity contribution >= 4 is 22.7 Å². The number of benzene rings is 1. The zero-order valence-electron chi connectivity index (χ0n) is 12.1. The minimum Gasteiger partial charge on any atom is -0.478 e. The number of carboxylic acids is 1. The maximum atomic E-state index is 11.2. The Morgan fingerprint density at radius 2 is 1.95 bits per heavy atom. The second kappa shape index (κ2) is 5.49. The highest BCUT2D eigenvalue weighted by Crippen LogP contribution is 2.24.